The van der Waals surface area contributed by atoms with Gasteiger partial charge in [-0.05, 0) is 375 Å². The number of urea groups is 5. The van der Waals surface area contributed by atoms with Gasteiger partial charge >= 0.3 is 30.2 Å². The number of carbonyl (C=O) groups is 6. The Morgan fingerprint density at radius 3 is 0.709 bits per heavy atom. The number of imide groups is 1. The van der Waals surface area contributed by atoms with E-state index in [2.05, 4.69) is 152 Å². The van der Waals surface area contributed by atoms with Gasteiger partial charge in [0.25, 0.3) is 5.91 Å². The minimum absolute atomic E-state index is 0.0776. The van der Waals surface area contributed by atoms with Crippen LogP contribution in [0.25, 0.3) is 0 Å². The summed E-state index contributed by atoms with van der Waals surface area (Å²) in [6.07, 6.45) is 0. The molecular weight excluding hydrogens is 2130 g/mol. The predicted molar refractivity (Wildman–Crippen MR) is 617 cm³/mol. The molecule has 5 heterocycles. The van der Waals surface area contributed by atoms with E-state index in [0.29, 0.717) is 78.5 Å². The Bertz CT molecular complexity index is 6940. The summed E-state index contributed by atoms with van der Waals surface area (Å²) in [4.78, 5) is 97.5. The molecule has 2 unspecified atom stereocenters. The lowest BCUT2D eigenvalue weighted by Crippen LogP contribution is -2.56. The third-order valence-electron chi connectivity index (χ3n) is 26.9. The van der Waals surface area contributed by atoms with Gasteiger partial charge in [-0.25, -0.2) is 28.9 Å². The summed E-state index contributed by atoms with van der Waals surface area (Å²) in [6.45, 7) is 30.0. The van der Waals surface area contributed by atoms with E-state index in [1.54, 1.807) is 116 Å². The van der Waals surface area contributed by atoms with Crippen LogP contribution in [0.4, 0.5) is 80.8 Å². The molecule has 15 aromatic rings. The van der Waals surface area contributed by atoms with Gasteiger partial charge in [0.15, 0.2) is 5.72 Å². The molecule has 5 fully saturated rings. The molecule has 0 bridgehead atoms. The molecule has 15 aromatic carbocycles. The fourth-order valence-electron chi connectivity index (χ4n) is 20.0. The van der Waals surface area contributed by atoms with Gasteiger partial charge in [-0.3, -0.25) is 48.9 Å². The van der Waals surface area contributed by atoms with Crippen molar-refractivity contribution in [2.24, 2.45) is 0 Å². The van der Waals surface area contributed by atoms with Crippen LogP contribution in [-0.2, 0) is 10.5 Å². The van der Waals surface area contributed by atoms with Crippen LogP contribution in [0.2, 0.25) is 50.2 Å². The maximum absolute atomic E-state index is 13.8. The number of aliphatic hydroxyl groups is 1. The number of carbonyl (C=O) groups excluding carboxylic acids is 6. The van der Waals surface area contributed by atoms with E-state index in [0.717, 1.165) is 77.5 Å². The number of hydrogen-bond acceptors (Lipinski definition) is 7. The Hall–Kier alpha value is -12.3. The average Bonchev–Trinajstić information content (AvgIpc) is 1.53. The second-order valence-electron chi connectivity index (χ2n) is 39.3. The molecule has 0 aromatic heterocycles. The predicted octanol–water partition coefficient (Wildman–Crippen LogP) is 35.7. The number of hydrogen-bond donors (Lipinski definition) is 1. The summed E-state index contributed by atoms with van der Waals surface area (Å²) < 4.78 is 1.15. The number of benzene rings is 15. The Morgan fingerprint density at radius 2 is 0.459 bits per heavy atom. The van der Waals surface area contributed by atoms with Gasteiger partial charge in [0.2, 0.25) is 0 Å². The van der Waals surface area contributed by atoms with Crippen molar-refractivity contribution >= 4 is 225 Å². The second kappa shape index (κ2) is 45.2. The second-order valence-corrected chi connectivity index (χ2v) is 44.6. The first-order valence-corrected chi connectivity index (χ1v) is 52.2. The minimum atomic E-state index is -1.64. The van der Waals surface area contributed by atoms with E-state index >= 15 is 0 Å². The molecule has 17 nitrogen and oxygen atoms in total. The number of amides is 11. The van der Waals surface area contributed by atoms with Crippen LogP contribution in [-0.4, -0.2) is 68.9 Å². The van der Waals surface area contributed by atoms with Crippen molar-refractivity contribution in [2.45, 2.75) is 155 Å². The molecule has 148 heavy (non-hydrogen) atoms. The lowest BCUT2D eigenvalue weighted by Gasteiger charge is -2.42. The summed E-state index contributed by atoms with van der Waals surface area (Å²) in [5, 5.41) is 18.3. The topological polar surface area (TPSA) is 155 Å². The van der Waals surface area contributed by atoms with Crippen LogP contribution >= 0.6 is 132 Å². The van der Waals surface area contributed by atoms with E-state index < -0.39 is 39.5 Å². The van der Waals surface area contributed by atoms with Crippen LogP contribution in [0.1, 0.15) is 137 Å². The first-order chi connectivity index (χ1) is 70.1. The number of halogens is 11. The zero-order valence-electron chi connectivity index (χ0n) is 83.9. The van der Waals surface area contributed by atoms with Gasteiger partial charge in [0.1, 0.15) is 5.54 Å². The Morgan fingerprint density at radius 1 is 0.236 bits per heavy atom. The molecule has 0 spiro atoms. The van der Waals surface area contributed by atoms with Crippen molar-refractivity contribution in [3.63, 3.8) is 0 Å². The van der Waals surface area contributed by atoms with Crippen LogP contribution in [0.15, 0.2) is 368 Å². The van der Waals surface area contributed by atoms with Crippen molar-refractivity contribution in [3.8, 4) is 0 Å². The average molecular weight is 2240 g/mol. The van der Waals surface area contributed by atoms with Crippen LogP contribution in [0, 0.1) is 34.6 Å². The van der Waals surface area contributed by atoms with Crippen LogP contribution in [0.5, 0.6) is 0 Å². The van der Waals surface area contributed by atoms with Gasteiger partial charge in [-0.1, -0.05) is 269 Å². The first-order valence-electron chi connectivity index (χ1n) is 47.6. The molecule has 5 saturated heterocycles. The summed E-state index contributed by atoms with van der Waals surface area (Å²) in [6, 6.07) is 111. The van der Waals surface area contributed by atoms with Crippen molar-refractivity contribution in [2.75, 3.05) is 49.0 Å². The number of nitrogens with zero attached hydrogens (tertiary/aromatic N) is 10. The quantitative estimate of drug-likeness (QED) is 0.106. The fraction of sp³-hybridized carbons (Fsp3) is 0.200. The molecule has 5 aliphatic heterocycles. The molecule has 0 saturated carbocycles. The highest BCUT2D eigenvalue weighted by Gasteiger charge is 2.65. The van der Waals surface area contributed by atoms with E-state index in [1.807, 2.05) is 250 Å². The molecule has 0 radical (unpaired) electrons. The van der Waals surface area contributed by atoms with Crippen molar-refractivity contribution in [3.05, 3.63) is 469 Å². The smallest absolute Gasteiger partial charge is 0.336 e. The summed E-state index contributed by atoms with van der Waals surface area (Å²) in [5.41, 5.74) is 11.7. The fourth-order valence-corrected chi connectivity index (χ4v) is 21.8. The van der Waals surface area contributed by atoms with Crippen LogP contribution in [0.3, 0.4) is 0 Å². The zero-order chi connectivity index (χ0) is 107. The molecular formula is C120H109BrCl10N10O7. The summed E-state index contributed by atoms with van der Waals surface area (Å²) in [5.74, 6) is -0.292. The maximum atomic E-state index is 13.8. The number of aryl methyl sites for hydroxylation is 5. The molecule has 28 heteroatoms. The van der Waals surface area contributed by atoms with Gasteiger partial charge < -0.3 is 5.11 Å². The Labute approximate surface area is 923 Å². The summed E-state index contributed by atoms with van der Waals surface area (Å²) >= 11 is 63.8. The van der Waals surface area contributed by atoms with Gasteiger partial charge in [0, 0.05) is 111 Å². The van der Waals surface area contributed by atoms with Crippen molar-refractivity contribution in [1.82, 2.24) is 0 Å². The van der Waals surface area contributed by atoms with E-state index in [9.17, 15) is 33.9 Å². The Kier molecular flexibility index (Phi) is 33.6. The number of anilines is 10. The van der Waals surface area contributed by atoms with E-state index in [4.69, 9.17) is 116 Å². The van der Waals surface area contributed by atoms with Gasteiger partial charge in [-0.15, -0.1) is 0 Å². The first kappa shape index (κ1) is 110. The van der Waals surface area contributed by atoms with Gasteiger partial charge in [-0.2, -0.15) is 0 Å². The lowest BCUT2D eigenvalue weighted by atomic mass is 9.83. The standard InChI is InChI=1S/C24H22Cl2N2O2.3C24H22Cl2N2O.C17H14Cl2N2O2.C7H7Br/c1-16-5-4-6-17(15-16)24(30)23(2,3)27(20-11-7-18(25)8-12-20)22(29)28(24)21-13-9-19(26)10-14-21;3*1-16-5-4-6-17(15-16)22-24(2,3)28(21-13-9-19(26)10-14-21)23(29)27(22)20-11-7-18(25)8-12-20;1-17(2)15(22)20(13-7-3-11(18)4-8-13)16(23)21(17)14-9-5-12(19)6-10-14;1-6-3-2-4-7(8)5-6/h4-15,30H,1-3H3;3*4-15,22H,1-3H3;3-10H,1-2H3;2-5H,1H3/t;2*22-;;;/m.10.../s1. The maximum Gasteiger partial charge on any atom is 0.336 e. The highest BCUT2D eigenvalue weighted by Crippen LogP contribution is 2.55. The van der Waals surface area contributed by atoms with E-state index in [-0.39, 0.29) is 48.2 Å². The SMILES string of the molecule is CC1(C)C(=O)N(c2ccc(Cl)cc2)C(=O)N1c1ccc(Cl)cc1.Cc1cccc(Br)c1.Cc1cccc(C2(O)N(c3ccc(Cl)cc3)C(=O)N(c3ccc(Cl)cc3)C2(C)C)c1.Cc1cccc(C2N(c3ccc(Cl)cc3)C(=O)N(c3ccc(Cl)cc3)C2(C)C)c1.Cc1cccc([C@@H]2N(c3ccc(Cl)cc3)C(=O)N(c3ccc(Cl)cc3)C2(C)C)c1.Cc1cccc([C@H]2N(c3ccc(Cl)cc3)C(=O)N(c3ccc(Cl)cc3)C2(C)C)c1. The molecule has 20 rings (SSSR count). The van der Waals surface area contributed by atoms with Crippen molar-refractivity contribution in [1.29, 1.82) is 0 Å². The van der Waals surface area contributed by atoms with Crippen LogP contribution < -0.4 is 49.0 Å². The number of rotatable bonds is 14. The van der Waals surface area contributed by atoms with Crippen molar-refractivity contribution < 1.29 is 33.9 Å². The monoisotopic (exact) mass is 2230 g/mol. The normalized spacial score (nSPS) is 18.1. The minimum Gasteiger partial charge on any atom is -0.365 e. The highest BCUT2D eigenvalue weighted by atomic mass is 79.9. The molecule has 5 aliphatic rings. The molecule has 1 N–H and O–H groups in total. The molecule has 758 valence electrons. The Balaban J connectivity index is 0.000000136. The highest BCUT2D eigenvalue weighted by molar-refractivity contribution is 9.10. The van der Waals surface area contributed by atoms with E-state index in [1.165, 1.54) is 20.3 Å². The molecule has 11 amide bonds. The third-order valence-corrected chi connectivity index (χ3v) is 29.9. The largest absolute Gasteiger partial charge is 0.365 e. The lowest BCUT2D eigenvalue weighted by molar-refractivity contribution is -0.120. The molecule has 0 aliphatic carbocycles. The van der Waals surface area contributed by atoms with Gasteiger partial charge in [0.05, 0.1) is 46.0 Å². The summed E-state index contributed by atoms with van der Waals surface area (Å²) in [7, 11) is 0. The molecule has 4 atom stereocenters. The zero-order valence-corrected chi connectivity index (χ0v) is 93.0. The third kappa shape index (κ3) is 22.9.